The van der Waals surface area contributed by atoms with E-state index in [4.69, 9.17) is 4.74 Å². The van der Waals surface area contributed by atoms with Crippen molar-refractivity contribution in [3.8, 4) is 5.88 Å². The van der Waals surface area contributed by atoms with Gasteiger partial charge in [-0.3, -0.25) is 0 Å². The molecule has 4 heteroatoms. The number of nitrogens with zero attached hydrogens (tertiary/aromatic N) is 2. The summed E-state index contributed by atoms with van der Waals surface area (Å²) in [7, 11) is 0. The van der Waals surface area contributed by atoms with E-state index in [-0.39, 0.29) is 5.41 Å². The Kier molecular flexibility index (Phi) is 6.76. The van der Waals surface area contributed by atoms with Crippen LogP contribution in [0.1, 0.15) is 66.1 Å². The first-order chi connectivity index (χ1) is 9.47. The molecule has 0 atom stereocenters. The quantitative estimate of drug-likeness (QED) is 0.726. The maximum absolute atomic E-state index is 5.78. The molecule has 1 heterocycles. The zero-order chi connectivity index (χ0) is 15.0. The predicted molar refractivity (Wildman–Crippen MR) is 84.5 cm³/mol. The molecule has 0 amide bonds. The summed E-state index contributed by atoms with van der Waals surface area (Å²) in [5, 5.41) is 3.24. The van der Waals surface area contributed by atoms with Crippen LogP contribution in [0.3, 0.4) is 0 Å². The van der Waals surface area contributed by atoms with Gasteiger partial charge in [0, 0.05) is 18.0 Å². The summed E-state index contributed by atoms with van der Waals surface area (Å²) in [6.07, 6.45) is 4.81. The molecule has 0 fully saturated rings. The second-order valence-electron chi connectivity index (χ2n) is 6.10. The second-order valence-corrected chi connectivity index (χ2v) is 6.10. The number of hydrogen-bond acceptors (Lipinski definition) is 4. The first kappa shape index (κ1) is 16.7. The molecule has 20 heavy (non-hydrogen) atoms. The fourth-order valence-electron chi connectivity index (χ4n) is 1.81. The van der Waals surface area contributed by atoms with Crippen molar-refractivity contribution >= 4 is 5.82 Å². The Balaban J connectivity index is 2.71. The maximum atomic E-state index is 5.78. The van der Waals surface area contributed by atoms with Gasteiger partial charge in [0.25, 0.3) is 0 Å². The minimum absolute atomic E-state index is 0.0776. The van der Waals surface area contributed by atoms with Gasteiger partial charge >= 0.3 is 0 Å². The Labute approximate surface area is 123 Å². The molecule has 1 aromatic heterocycles. The Morgan fingerprint density at radius 2 is 1.85 bits per heavy atom. The number of anilines is 1. The number of rotatable bonds is 8. The van der Waals surface area contributed by atoms with Gasteiger partial charge in [0.05, 0.1) is 6.61 Å². The fraction of sp³-hybridized carbons (Fsp3) is 0.750. The minimum atomic E-state index is -0.0776. The first-order valence-corrected chi connectivity index (χ1v) is 7.73. The zero-order valence-electron chi connectivity index (χ0n) is 13.6. The second kappa shape index (κ2) is 8.08. The molecule has 1 aromatic rings. The van der Waals surface area contributed by atoms with Crippen LogP contribution < -0.4 is 10.1 Å². The van der Waals surface area contributed by atoms with Gasteiger partial charge in [0.15, 0.2) is 0 Å². The van der Waals surface area contributed by atoms with Crippen LogP contribution in [0.25, 0.3) is 0 Å². The molecule has 0 radical (unpaired) electrons. The molecule has 0 unspecified atom stereocenters. The molecule has 114 valence electrons. The van der Waals surface area contributed by atoms with Crippen molar-refractivity contribution in [2.24, 2.45) is 0 Å². The molecule has 0 aliphatic heterocycles. The van der Waals surface area contributed by atoms with Crippen molar-refractivity contribution in [1.82, 2.24) is 9.97 Å². The summed E-state index contributed by atoms with van der Waals surface area (Å²) in [5.41, 5.74) is -0.0776. The van der Waals surface area contributed by atoms with E-state index in [0.29, 0.717) is 5.88 Å². The van der Waals surface area contributed by atoms with Crippen molar-refractivity contribution in [2.75, 3.05) is 18.5 Å². The van der Waals surface area contributed by atoms with Crippen molar-refractivity contribution in [3.05, 3.63) is 11.9 Å². The number of ether oxygens (including phenoxy) is 1. The van der Waals surface area contributed by atoms with Crippen LogP contribution in [-0.4, -0.2) is 23.1 Å². The smallest absolute Gasteiger partial charge is 0.218 e. The average molecular weight is 279 g/mol. The molecule has 0 bridgehead atoms. The van der Waals surface area contributed by atoms with Crippen molar-refractivity contribution < 1.29 is 4.74 Å². The third-order valence-corrected chi connectivity index (χ3v) is 2.98. The van der Waals surface area contributed by atoms with Crippen LogP contribution in [0.2, 0.25) is 0 Å². The van der Waals surface area contributed by atoms with Gasteiger partial charge in [-0.2, -0.15) is 4.98 Å². The van der Waals surface area contributed by atoms with Gasteiger partial charge in [-0.25, -0.2) is 4.98 Å². The number of nitrogens with one attached hydrogen (secondary N) is 1. The summed E-state index contributed by atoms with van der Waals surface area (Å²) < 4.78 is 5.78. The largest absolute Gasteiger partial charge is 0.478 e. The highest BCUT2D eigenvalue weighted by molar-refractivity contribution is 5.39. The third kappa shape index (κ3) is 5.76. The molecular weight excluding hydrogens is 250 g/mol. The predicted octanol–water partition coefficient (Wildman–Crippen LogP) is 4.17. The standard InChI is InChI=1S/C16H29N3O/c1-6-8-9-10-11-20-14-12-13(17-7-2)18-15(19-14)16(3,4)5/h12H,6-11H2,1-5H3,(H,17,18,19). The van der Waals surface area contributed by atoms with Crippen LogP contribution in [0.15, 0.2) is 6.07 Å². The molecule has 1 rings (SSSR count). The Hall–Kier alpha value is -1.32. The lowest BCUT2D eigenvalue weighted by molar-refractivity contribution is 0.290. The molecule has 0 aliphatic carbocycles. The van der Waals surface area contributed by atoms with E-state index in [1.807, 2.05) is 6.07 Å². The molecule has 4 nitrogen and oxygen atoms in total. The average Bonchev–Trinajstić information content (AvgIpc) is 2.38. The summed E-state index contributed by atoms with van der Waals surface area (Å²) in [4.78, 5) is 9.08. The van der Waals surface area contributed by atoms with Crippen LogP contribution in [0.5, 0.6) is 5.88 Å². The lowest BCUT2D eigenvalue weighted by atomic mass is 9.96. The fourth-order valence-corrected chi connectivity index (χ4v) is 1.81. The molecule has 0 saturated heterocycles. The summed E-state index contributed by atoms with van der Waals surface area (Å²) in [6, 6.07) is 1.89. The van der Waals surface area contributed by atoms with E-state index in [1.165, 1.54) is 19.3 Å². The lowest BCUT2D eigenvalue weighted by Crippen LogP contribution is -2.18. The van der Waals surface area contributed by atoms with Crippen LogP contribution in [0.4, 0.5) is 5.82 Å². The Morgan fingerprint density at radius 3 is 2.45 bits per heavy atom. The topological polar surface area (TPSA) is 47.0 Å². The monoisotopic (exact) mass is 279 g/mol. The van der Waals surface area contributed by atoms with Gasteiger partial charge < -0.3 is 10.1 Å². The van der Waals surface area contributed by atoms with E-state index >= 15 is 0 Å². The van der Waals surface area contributed by atoms with Gasteiger partial charge in [0.1, 0.15) is 11.6 Å². The lowest BCUT2D eigenvalue weighted by Gasteiger charge is -2.18. The number of unbranched alkanes of at least 4 members (excludes halogenated alkanes) is 3. The van der Waals surface area contributed by atoms with Gasteiger partial charge in [-0.1, -0.05) is 47.0 Å². The van der Waals surface area contributed by atoms with E-state index in [1.54, 1.807) is 0 Å². The highest BCUT2D eigenvalue weighted by atomic mass is 16.5. The summed E-state index contributed by atoms with van der Waals surface area (Å²) in [5.74, 6) is 2.34. The molecule has 0 aliphatic rings. The van der Waals surface area contributed by atoms with E-state index < -0.39 is 0 Å². The number of aromatic nitrogens is 2. The van der Waals surface area contributed by atoms with Crippen LogP contribution in [-0.2, 0) is 5.41 Å². The number of hydrogen-bond donors (Lipinski definition) is 1. The maximum Gasteiger partial charge on any atom is 0.218 e. The molecular formula is C16H29N3O. The highest BCUT2D eigenvalue weighted by Gasteiger charge is 2.19. The Bertz CT molecular complexity index is 399. The zero-order valence-corrected chi connectivity index (χ0v) is 13.6. The minimum Gasteiger partial charge on any atom is -0.478 e. The molecule has 1 N–H and O–H groups in total. The highest BCUT2D eigenvalue weighted by Crippen LogP contribution is 2.23. The molecule has 0 saturated carbocycles. The van der Waals surface area contributed by atoms with Crippen LogP contribution in [0, 0.1) is 0 Å². The SMILES string of the molecule is CCCCCCOc1cc(NCC)nc(C(C)(C)C)n1. The van der Waals surface area contributed by atoms with Gasteiger partial charge in [0.2, 0.25) is 5.88 Å². The van der Waals surface area contributed by atoms with Crippen LogP contribution >= 0.6 is 0 Å². The van der Waals surface area contributed by atoms with E-state index in [0.717, 1.165) is 31.2 Å². The third-order valence-electron chi connectivity index (χ3n) is 2.98. The van der Waals surface area contributed by atoms with E-state index in [9.17, 15) is 0 Å². The van der Waals surface area contributed by atoms with E-state index in [2.05, 4.69) is 49.9 Å². The summed E-state index contributed by atoms with van der Waals surface area (Å²) >= 11 is 0. The summed E-state index contributed by atoms with van der Waals surface area (Å²) in [6.45, 7) is 12.2. The van der Waals surface area contributed by atoms with Crippen molar-refractivity contribution in [1.29, 1.82) is 0 Å². The molecule has 0 spiro atoms. The van der Waals surface area contributed by atoms with Crippen molar-refractivity contribution in [2.45, 2.75) is 65.7 Å². The Morgan fingerprint density at radius 1 is 1.10 bits per heavy atom. The molecule has 0 aromatic carbocycles. The van der Waals surface area contributed by atoms with Gasteiger partial charge in [-0.15, -0.1) is 0 Å². The van der Waals surface area contributed by atoms with Crippen molar-refractivity contribution in [3.63, 3.8) is 0 Å². The normalized spacial score (nSPS) is 11.4. The first-order valence-electron chi connectivity index (χ1n) is 7.73. The van der Waals surface area contributed by atoms with Gasteiger partial charge in [-0.05, 0) is 13.3 Å².